The standard InChI is InChI=1S/C21H32N2O4S/c1-2-27-19-12-11-18(22-21(24)15-17-9-5-3-6-10-17)16-20(19)28(25,26)23-13-7-4-8-14-23/h11-12,16-17H,2-10,13-15H2,1H3,(H,22,24). The van der Waals surface area contributed by atoms with Crippen LogP contribution in [0.3, 0.4) is 0 Å². The highest BCUT2D eigenvalue weighted by atomic mass is 32.2. The topological polar surface area (TPSA) is 75.7 Å². The van der Waals surface area contributed by atoms with Gasteiger partial charge in [-0.1, -0.05) is 25.7 Å². The SMILES string of the molecule is CCOc1ccc(NC(=O)CC2CCCCC2)cc1S(=O)(=O)N1CCCCC1. The van der Waals surface area contributed by atoms with Crippen LogP contribution in [0.2, 0.25) is 0 Å². The molecule has 0 aromatic heterocycles. The molecule has 3 rings (SSSR count). The van der Waals surface area contributed by atoms with Gasteiger partial charge in [-0.3, -0.25) is 4.79 Å². The molecule has 1 heterocycles. The number of nitrogens with one attached hydrogen (secondary N) is 1. The van der Waals surface area contributed by atoms with Gasteiger partial charge in [0.25, 0.3) is 0 Å². The first-order valence-corrected chi connectivity index (χ1v) is 12.0. The normalized spacial score (nSPS) is 19.3. The predicted octanol–water partition coefficient (Wildman–Crippen LogP) is 4.17. The molecule has 1 N–H and O–H groups in total. The monoisotopic (exact) mass is 408 g/mol. The molecule has 1 aliphatic heterocycles. The first-order valence-electron chi connectivity index (χ1n) is 10.6. The maximum Gasteiger partial charge on any atom is 0.246 e. The maximum absolute atomic E-state index is 13.2. The minimum atomic E-state index is -3.64. The molecule has 1 saturated carbocycles. The van der Waals surface area contributed by atoms with Crippen LogP contribution >= 0.6 is 0 Å². The first kappa shape index (κ1) is 21.1. The van der Waals surface area contributed by atoms with E-state index in [1.165, 1.54) is 23.6 Å². The maximum atomic E-state index is 13.2. The van der Waals surface area contributed by atoms with E-state index in [1.807, 2.05) is 6.92 Å². The molecule has 28 heavy (non-hydrogen) atoms. The Morgan fingerprint density at radius 2 is 1.79 bits per heavy atom. The van der Waals surface area contributed by atoms with E-state index in [2.05, 4.69) is 5.32 Å². The minimum Gasteiger partial charge on any atom is -0.492 e. The molecule has 1 amide bonds. The molecule has 156 valence electrons. The highest BCUT2D eigenvalue weighted by molar-refractivity contribution is 7.89. The molecule has 6 nitrogen and oxygen atoms in total. The summed E-state index contributed by atoms with van der Waals surface area (Å²) in [5.41, 5.74) is 0.514. The lowest BCUT2D eigenvalue weighted by atomic mass is 9.87. The van der Waals surface area contributed by atoms with Crippen molar-refractivity contribution in [2.75, 3.05) is 25.0 Å². The number of anilines is 1. The van der Waals surface area contributed by atoms with Crippen LogP contribution in [0.4, 0.5) is 5.69 Å². The third kappa shape index (κ3) is 5.26. The fourth-order valence-corrected chi connectivity index (χ4v) is 5.85. The van der Waals surface area contributed by atoms with E-state index in [9.17, 15) is 13.2 Å². The number of rotatable bonds is 7. The number of nitrogens with zero attached hydrogens (tertiary/aromatic N) is 1. The number of benzene rings is 1. The Labute approximate surface area is 168 Å². The summed E-state index contributed by atoms with van der Waals surface area (Å²) in [6.07, 6.45) is 9.16. The Morgan fingerprint density at radius 3 is 2.46 bits per heavy atom. The zero-order chi connectivity index (χ0) is 20.0. The summed E-state index contributed by atoms with van der Waals surface area (Å²) in [7, 11) is -3.64. The second kappa shape index (κ2) is 9.74. The van der Waals surface area contributed by atoms with Gasteiger partial charge in [0.05, 0.1) is 6.61 Å². The van der Waals surface area contributed by atoms with Gasteiger partial charge in [0.15, 0.2) is 0 Å². The molecule has 2 fully saturated rings. The van der Waals surface area contributed by atoms with Gasteiger partial charge >= 0.3 is 0 Å². The molecular weight excluding hydrogens is 376 g/mol. The highest BCUT2D eigenvalue weighted by Crippen LogP contribution is 2.32. The molecule has 0 radical (unpaired) electrons. The van der Waals surface area contributed by atoms with Gasteiger partial charge in [0.1, 0.15) is 10.6 Å². The number of carbonyl (C=O) groups is 1. The van der Waals surface area contributed by atoms with Crippen LogP contribution in [0.15, 0.2) is 23.1 Å². The Kier molecular flexibility index (Phi) is 7.35. The Morgan fingerprint density at radius 1 is 1.11 bits per heavy atom. The van der Waals surface area contributed by atoms with E-state index >= 15 is 0 Å². The smallest absolute Gasteiger partial charge is 0.246 e. The number of hydrogen-bond acceptors (Lipinski definition) is 4. The van der Waals surface area contributed by atoms with Crippen molar-refractivity contribution in [2.45, 2.75) is 69.6 Å². The molecule has 0 spiro atoms. The molecule has 0 atom stereocenters. The number of amides is 1. The van der Waals surface area contributed by atoms with Gasteiger partial charge < -0.3 is 10.1 Å². The van der Waals surface area contributed by atoms with Crippen molar-refractivity contribution in [3.8, 4) is 5.75 Å². The molecule has 1 aliphatic carbocycles. The summed E-state index contributed by atoms with van der Waals surface area (Å²) >= 11 is 0. The van der Waals surface area contributed by atoms with Crippen LogP contribution in [-0.4, -0.2) is 38.3 Å². The van der Waals surface area contributed by atoms with Gasteiger partial charge in [0, 0.05) is 25.2 Å². The Bertz CT molecular complexity index is 767. The largest absolute Gasteiger partial charge is 0.492 e. The van der Waals surface area contributed by atoms with E-state index in [0.717, 1.165) is 32.1 Å². The highest BCUT2D eigenvalue weighted by Gasteiger charge is 2.29. The van der Waals surface area contributed by atoms with Crippen LogP contribution in [0, 0.1) is 5.92 Å². The van der Waals surface area contributed by atoms with Crippen LogP contribution in [0.1, 0.15) is 64.7 Å². The molecule has 0 bridgehead atoms. The number of carbonyl (C=O) groups excluding carboxylic acids is 1. The zero-order valence-corrected chi connectivity index (χ0v) is 17.6. The summed E-state index contributed by atoms with van der Waals surface area (Å²) < 4.78 is 33.4. The van der Waals surface area contributed by atoms with Crippen LogP contribution in [0.5, 0.6) is 5.75 Å². The molecule has 2 aliphatic rings. The summed E-state index contributed by atoms with van der Waals surface area (Å²) in [4.78, 5) is 12.6. The van der Waals surface area contributed by atoms with Crippen molar-refractivity contribution in [1.29, 1.82) is 0 Å². The third-order valence-corrected chi connectivity index (χ3v) is 7.58. The second-order valence-corrected chi connectivity index (χ2v) is 9.72. The lowest BCUT2D eigenvalue weighted by molar-refractivity contribution is -0.117. The lowest BCUT2D eigenvalue weighted by Gasteiger charge is -2.27. The van der Waals surface area contributed by atoms with E-state index < -0.39 is 10.0 Å². The van der Waals surface area contributed by atoms with Crippen molar-refractivity contribution < 1.29 is 17.9 Å². The van der Waals surface area contributed by atoms with Crippen molar-refractivity contribution >= 4 is 21.6 Å². The van der Waals surface area contributed by atoms with Crippen LogP contribution in [0.25, 0.3) is 0 Å². The molecule has 1 saturated heterocycles. The number of sulfonamides is 1. The van der Waals surface area contributed by atoms with Crippen molar-refractivity contribution in [3.05, 3.63) is 18.2 Å². The second-order valence-electron chi connectivity index (χ2n) is 7.82. The quantitative estimate of drug-likeness (QED) is 0.735. The summed E-state index contributed by atoms with van der Waals surface area (Å²) in [5.74, 6) is 0.740. The number of ether oxygens (including phenoxy) is 1. The summed E-state index contributed by atoms with van der Waals surface area (Å²) in [6.45, 7) is 3.28. The summed E-state index contributed by atoms with van der Waals surface area (Å²) in [6, 6.07) is 4.92. The van der Waals surface area contributed by atoms with E-state index in [1.54, 1.807) is 18.2 Å². The van der Waals surface area contributed by atoms with Gasteiger partial charge in [-0.05, 0) is 56.7 Å². The van der Waals surface area contributed by atoms with E-state index in [0.29, 0.717) is 43.5 Å². The fraction of sp³-hybridized carbons (Fsp3) is 0.667. The number of piperidine rings is 1. The molecule has 7 heteroatoms. The third-order valence-electron chi connectivity index (χ3n) is 5.66. The van der Waals surface area contributed by atoms with Gasteiger partial charge in [-0.15, -0.1) is 0 Å². The molecule has 1 aromatic carbocycles. The molecular formula is C21H32N2O4S. The van der Waals surface area contributed by atoms with Crippen LogP contribution < -0.4 is 10.1 Å². The van der Waals surface area contributed by atoms with Crippen LogP contribution in [-0.2, 0) is 14.8 Å². The van der Waals surface area contributed by atoms with Gasteiger partial charge in [-0.25, -0.2) is 8.42 Å². The first-order chi connectivity index (χ1) is 13.5. The average Bonchev–Trinajstić information content (AvgIpc) is 2.70. The Balaban J connectivity index is 1.77. The number of hydrogen-bond donors (Lipinski definition) is 1. The van der Waals surface area contributed by atoms with Gasteiger partial charge in [0.2, 0.25) is 15.9 Å². The van der Waals surface area contributed by atoms with E-state index in [4.69, 9.17) is 4.74 Å². The van der Waals surface area contributed by atoms with Crippen molar-refractivity contribution in [3.63, 3.8) is 0 Å². The summed E-state index contributed by atoms with van der Waals surface area (Å²) in [5, 5.41) is 2.90. The fourth-order valence-electron chi connectivity index (χ4n) is 4.17. The van der Waals surface area contributed by atoms with Crippen molar-refractivity contribution in [2.24, 2.45) is 5.92 Å². The Hall–Kier alpha value is -1.60. The predicted molar refractivity (Wildman–Crippen MR) is 110 cm³/mol. The molecule has 1 aromatic rings. The minimum absolute atomic E-state index is 0.0441. The zero-order valence-electron chi connectivity index (χ0n) is 16.8. The van der Waals surface area contributed by atoms with E-state index in [-0.39, 0.29) is 10.8 Å². The van der Waals surface area contributed by atoms with Gasteiger partial charge in [-0.2, -0.15) is 4.31 Å². The lowest BCUT2D eigenvalue weighted by Crippen LogP contribution is -2.35. The average molecular weight is 409 g/mol. The molecule has 0 unspecified atom stereocenters. The van der Waals surface area contributed by atoms with Crippen molar-refractivity contribution in [1.82, 2.24) is 4.31 Å².